The molecule has 0 heterocycles. The minimum absolute atomic E-state index is 0.0515. The van der Waals surface area contributed by atoms with Gasteiger partial charge in [-0.3, -0.25) is 0 Å². The highest BCUT2D eigenvalue weighted by atomic mass is 16.5. The number of hydrogen-bond donors (Lipinski definition) is 2. The van der Waals surface area contributed by atoms with Gasteiger partial charge in [-0.1, -0.05) is 81.8 Å². The van der Waals surface area contributed by atoms with Gasteiger partial charge in [0.2, 0.25) is 0 Å². The minimum Gasteiger partial charge on any atom is -0.507 e. The van der Waals surface area contributed by atoms with Crippen LogP contribution in [0.4, 0.5) is 0 Å². The van der Waals surface area contributed by atoms with E-state index in [9.17, 15) is 15.0 Å². The molecule has 0 radical (unpaired) electrons. The molecule has 180 valence electrons. The van der Waals surface area contributed by atoms with Gasteiger partial charge in [-0.05, 0) is 64.3 Å². The van der Waals surface area contributed by atoms with E-state index in [1.54, 1.807) is 12.1 Å². The summed E-state index contributed by atoms with van der Waals surface area (Å²) >= 11 is 0. The number of benzene rings is 4. The maximum absolute atomic E-state index is 13.5. The van der Waals surface area contributed by atoms with Crippen molar-refractivity contribution >= 4 is 27.5 Å². The number of rotatable bonds is 4. The highest BCUT2D eigenvalue weighted by molar-refractivity contribution is 6.13. The lowest BCUT2D eigenvalue weighted by Crippen LogP contribution is -2.35. The first kappa shape index (κ1) is 23.2. The molecule has 1 fully saturated rings. The van der Waals surface area contributed by atoms with Gasteiger partial charge in [0.1, 0.15) is 23.2 Å². The number of carbonyl (C=O) groups excluding carboxylic acids is 1. The van der Waals surface area contributed by atoms with Crippen LogP contribution in [0.3, 0.4) is 0 Å². The quantitative estimate of drug-likeness (QED) is 0.301. The van der Waals surface area contributed by atoms with Crippen LogP contribution in [-0.4, -0.2) is 22.3 Å². The lowest BCUT2D eigenvalue weighted by molar-refractivity contribution is -0.0175. The van der Waals surface area contributed by atoms with E-state index in [1.165, 1.54) is 0 Å². The van der Waals surface area contributed by atoms with Crippen LogP contribution in [0, 0.1) is 17.8 Å². The molecule has 3 atom stereocenters. The van der Waals surface area contributed by atoms with E-state index >= 15 is 0 Å². The molecule has 4 aromatic carbocycles. The van der Waals surface area contributed by atoms with Crippen molar-refractivity contribution in [2.45, 2.75) is 46.1 Å². The molecule has 0 spiro atoms. The number of carbonyl (C=O) groups is 1. The van der Waals surface area contributed by atoms with Gasteiger partial charge < -0.3 is 14.9 Å². The zero-order valence-corrected chi connectivity index (χ0v) is 20.5. The first-order valence-corrected chi connectivity index (χ1v) is 12.5. The maximum Gasteiger partial charge on any atom is 0.342 e. The zero-order chi connectivity index (χ0) is 24.7. The van der Waals surface area contributed by atoms with Crippen LogP contribution in [0.5, 0.6) is 11.5 Å². The number of phenolic OH excluding ortho intramolecular Hbond substituents is 2. The standard InChI is InChI=1S/C31H32O4/c1-18(2)22-14-12-19(3)16-27(22)35-31(34)25-17-21-9-5-7-11-24(21)29(30(25)33)28-23-10-6-4-8-20(23)13-15-26(28)32/h4-11,13,15,17-19,22,27,32-33H,12,14,16H2,1-3H3/t19-,22+,27+/m0/s1. The van der Waals surface area contributed by atoms with Gasteiger partial charge in [0, 0.05) is 11.1 Å². The van der Waals surface area contributed by atoms with Gasteiger partial charge in [0.25, 0.3) is 0 Å². The summed E-state index contributed by atoms with van der Waals surface area (Å²) in [5, 5.41) is 25.8. The van der Waals surface area contributed by atoms with E-state index in [0.29, 0.717) is 28.9 Å². The van der Waals surface area contributed by atoms with Crippen LogP contribution in [0.2, 0.25) is 0 Å². The molecule has 0 unspecified atom stereocenters. The van der Waals surface area contributed by atoms with Gasteiger partial charge in [0.15, 0.2) is 0 Å². The molecule has 4 nitrogen and oxygen atoms in total. The molecule has 4 aromatic rings. The van der Waals surface area contributed by atoms with E-state index in [0.717, 1.165) is 40.8 Å². The number of hydrogen-bond acceptors (Lipinski definition) is 4. The molecule has 4 heteroatoms. The average molecular weight is 469 g/mol. The highest BCUT2D eigenvalue weighted by Gasteiger charge is 2.34. The summed E-state index contributed by atoms with van der Waals surface area (Å²) in [4.78, 5) is 13.5. The number of aromatic hydroxyl groups is 2. The molecule has 1 aliphatic rings. The van der Waals surface area contributed by atoms with Crippen molar-refractivity contribution in [1.82, 2.24) is 0 Å². The summed E-state index contributed by atoms with van der Waals surface area (Å²) in [5.41, 5.74) is 1.09. The van der Waals surface area contributed by atoms with E-state index in [-0.39, 0.29) is 23.2 Å². The molecule has 0 saturated heterocycles. The molecule has 0 amide bonds. The second kappa shape index (κ2) is 9.26. The predicted octanol–water partition coefficient (Wildman–Crippen LogP) is 7.69. The summed E-state index contributed by atoms with van der Waals surface area (Å²) in [6, 6.07) is 20.5. The molecular weight excluding hydrogens is 436 g/mol. The monoisotopic (exact) mass is 468 g/mol. The molecule has 1 aliphatic carbocycles. The Morgan fingerprint density at radius 3 is 2.26 bits per heavy atom. The van der Waals surface area contributed by atoms with E-state index in [1.807, 2.05) is 54.6 Å². The largest absolute Gasteiger partial charge is 0.507 e. The Hall–Kier alpha value is -3.53. The number of ether oxygens (including phenoxy) is 1. The Morgan fingerprint density at radius 2 is 1.54 bits per heavy atom. The summed E-state index contributed by atoms with van der Waals surface area (Å²) in [7, 11) is 0. The number of esters is 1. The topological polar surface area (TPSA) is 66.8 Å². The predicted molar refractivity (Wildman–Crippen MR) is 141 cm³/mol. The Kier molecular flexibility index (Phi) is 6.14. The summed E-state index contributed by atoms with van der Waals surface area (Å²) in [6.07, 6.45) is 2.84. The van der Waals surface area contributed by atoms with Gasteiger partial charge in [0.05, 0.1) is 0 Å². The van der Waals surface area contributed by atoms with Crippen molar-refractivity contribution in [3.63, 3.8) is 0 Å². The van der Waals surface area contributed by atoms with Crippen molar-refractivity contribution in [3.05, 3.63) is 72.3 Å². The normalized spacial score (nSPS) is 20.4. The van der Waals surface area contributed by atoms with E-state index in [4.69, 9.17) is 4.74 Å². The molecule has 5 rings (SSSR count). The molecule has 35 heavy (non-hydrogen) atoms. The lowest BCUT2D eigenvalue weighted by atomic mass is 9.75. The van der Waals surface area contributed by atoms with Gasteiger partial charge in [-0.15, -0.1) is 0 Å². The van der Waals surface area contributed by atoms with Crippen LogP contribution >= 0.6 is 0 Å². The molecule has 2 N–H and O–H groups in total. The van der Waals surface area contributed by atoms with Crippen molar-refractivity contribution in [1.29, 1.82) is 0 Å². The smallest absolute Gasteiger partial charge is 0.342 e. The fourth-order valence-electron chi connectivity index (χ4n) is 5.72. The second-order valence-electron chi connectivity index (χ2n) is 10.3. The van der Waals surface area contributed by atoms with Gasteiger partial charge >= 0.3 is 5.97 Å². The maximum atomic E-state index is 13.5. The Balaban J connectivity index is 1.67. The van der Waals surface area contributed by atoms with Gasteiger partial charge in [-0.25, -0.2) is 4.79 Å². The Morgan fingerprint density at radius 1 is 0.886 bits per heavy atom. The van der Waals surface area contributed by atoms with Crippen LogP contribution in [0.1, 0.15) is 50.4 Å². The molecular formula is C31H32O4. The van der Waals surface area contributed by atoms with Crippen molar-refractivity contribution < 1.29 is 19.7 Å². The Labute approximate surface area is 206 Å². The molecule has 0 aromatic heterocycles. The summed E-state index contributed by atoms with van der Waals surface area (Å²) in [5.74, 6) is 0.587. The highest BCUT2D eigenvalue weighted by Crippen LogP contribution is 2.46. The number of phenols is 2. The molecule has 0 aliphatic heterocycles. The first-order valence-electron chi connectivity index (χ1n) is 12.5. The van der Waals surface area contributed by atoms with Gasteiger partial charge in [-0.2, -0.15) is 0 Å². The summed E-state index contributed by atoms with van der Waals surface area (Å²) < 4.78 is 6.10. The minimum atomic E-state index is -0.515. The van der Waals surface area contributed by atoms with Crippen molar-refractivity contribution in [2.24, 2.45) is 17.8 Å². The van der Waals surface area contributed by atoms with Crippen LogP contribution in [-0.2, 0) is 4.74 Å². The van der Waals surface area contributed by atoms with Crippen LogP contribution in [0.15, 0.2) is 66.7 Å². The van der Waals surface area contributed by atoms with Crippen LogP contribution in [0.25, 0.3) is 32.7 Å². The fourth-order valence-corrected chi connectivity index (χ4v) is 5.72. The van der Waals surface area contributed by atoms with E-state index < -0.39 is 5.97 Å². The fraction of sp³-hybridized carbons (Fsp3) is 0.323. The SMILES string of the molecule is CC(C)[C@H]1CC[C@H](C)C[C@H]1OC(=O)c1cc2ccccc2c(-c2c(O)ccc3ccccc23)c1O. The first-order chi connectivity index (χ1) is 16.8. The zero-order valence-electron chi connectivity index (χ0n) is 20.5. The Bertz CT molecular complexity index is 1400. The summed E-state index contributed by atoms with van der Waals surface area (Å²) in [6.45, 7) is 6.55. The second-order valence-corrected chi connectivity index (χ2v) is 10.3. The molecule has 1 saturated carbocycles. The average Bonchev–Trinajstić information content (AvgIpc) is 2.84. The van der Waals surface area contributed by atoms with E-state index in [2.05, 4.69) is 20.8 Å². The van der Waals surface area contributed by atoms with Crippen LogP contribution < -0.4 is 0 Å². The number of fused-ring (bicyclic) bond motifs is 2. The third kappa shape index (κ3) is 4.22. The van der Waals surface area contributed by atoms with Crippen molar-refractivity contribution in [3.8, 4) is 22.6 Å². The third-order valence-electron chi connectivity index (χ3n) is 7.62. The molecule has 0 bridgehead atoms. The third-order valence-corrected chi connectivity index (χ3v) is 7.62. The lowest BCUT2D eigenvalue weighted by Gasteiger charge is -2.36. The van der Waals surface area contributed by atoms with Crippen molar-refractivity contribution in [2.75, 3.05) is 0 Å².